The zero-order valence-corrected chi connectivity index (χ0v) is 14.0. The van der Waals surface area contributed by atoms with Gasteiger partial charge < -0.3 is 4.90 Å². The topological polar surface area (TPSA) is 59.2 Å². The number of fused-ring (bicyclic) bond motifs is 1. The average Bonchev–Trinajstić information content (AvgIpc) is 3.27. The van der Waals surface area contributed by atoms with Crippen molar-refractivity contribution in [2.75, 3.05) is 18.0 Å². The first-order valence-corrected chi connectivity index (χ1v) is 8.30. The minimum absolute atomic E-state index is 0.669. The van der Waals surface area contributed by atoms with Gasteiger partial charge in [0.15, 0.2) is 11.5 Å². The van der Waals surface area contributed by atoms with Crippen LogP contribution in [0.15, 0.2) is 24.4 Å². The summed E-state index contributed by atoms with van der Waals surface area (Å²) in [5.41, 5.74) is 3.57. The summed E-state index contributed by atoms with van der Waals surface area (Å²) in [6, 6.07) is 6.13. The minimum Gasteiger partial charge on any atom is -0.357 e. The van der Waals surface area contributed by atoms with Gasteiger partial charge in [0, 0.05) is 19.3 Å². The van der Waals surface area contributed by atoms with Crippen molar-refractivity contribution in [1.29, 1.82) is 0 Å². The Bertz CT molecular complexity index is 866. The molecule has 1 fully saturated rings. The van der Waals surface area contributed by atoms with Crippen molar-refractivity contribution in [3.8, 4) is 0 Å². The first kappa shape index (κ1) is 14.8. The Balaban J connectivity index is 1.62. The fourth-order valence-corrected chi connectivity index (χ4v) is 3.00. The van der Waals surface area contributed by atoms with Crippen LogP contribution in [0.1, 0.15) is 35.7 Å². The SMILES string of the molecule is Cc1ncc(C)n2nc(C=Cc3cccc(N4CCCC4)n3)nc12. The number of anilines is 1. The summed E-state index contributed by atoms with van der Waals surface area (Å²) in [4.78, 5) is 15.9. The number of rotatable bonds is 3. The van der Waals surface area contributed by atoms with Crippen LogP contribution in [-0.4, -0.2) is 37.7 Å². The van der Waals surface area contributed by atoms with E-state index in [1.807, 2.05) is 42.8 Å². The number of nitrogens with zero attached hydrogens (tertiary/aromatic N) is 6. The Morgan fingerprint density at radius 1 is 1.04 bits per heavy atom. The summed E-state index contributed by atoms with van der Waals surface area (Å²) in [5.74, 6) is 1.72. The van der Waals surface area contributed by atoms with Crippen molar-refractivity contribution in [3.05, 3.63) is 47.3 Å². The molecule has 0 atom stereocenters. The van der Waals surface area contributed by atoms with Gasteiger partial charge in [0.2, 0.25) is 0 Å². The predicted molar refractivity (Wildman–Crippen MR) is 94.9 cm³/mol. The molecule has 6 heteroatoms. The standard InChI is InChI=1S/C18H20N6/c1-13-12-19-14(2)18-21-16(22-24(13)18)9-8-15-6-5-7-17(20-15)23-10-3-4-11-23/h5-9,12H,3-4,10-11H2,1-2H3. The van der Waals surface area contributed by atoms with E-state index in [2.05, 4.69) is 32.1 Å². The number of pyridine rings is 1. The largest absolute Gasteiger partial charge is 0.357 e. The normalized spacial score (nSPS) is 15.0. The second kappa shape index (κ2) is 6.03. The molecule has 0 amide bonds. The van der Waals surface area contributed by atoms with E-state index in [0.717, 1.165) is 41.6 Å². The smallest absolute Gasteiger partial charge is 0.177 e. The molecule has 0 radical (unpaired) electrons. The number of hydrogen-bond acceptors (Lipinski definition) is 5. The summed E-state index contributed by atoms with van der Waals surface area (Å²) in [6.07, 6.45) is 8.18. The van der Waals surface area contributed by atoms with Gasteiger partial charge in [0.05, 0.1) is 17.1 Å². The molecule has 0 aromatic carbocycles. The van der Waals surface area contributed by atoms with Gasteiger partial charge in [-0.1, -0.05) is 6.07 Å². The summed E-state index contributed by atoms with van der Waals surface area (Å²) in [7, 11) is 0. The van der Waals surface area contributed by atoms with Crippen molar-refractivity contribution < 1.29 is 0 Å². The Labute approximate surface area is 140 Å². The van der Waals surface area contributed by atoms with Crippen LogP contribution in [0, 0.1) is 13.8 Å². The molecule has 122 valence electrons. The van der Waals surface area contributed by atoms with Crippen LogP contribution >= 0.6 is 0 Å². The predicted octanol–water partition coefficient (Wildman–Crippen LogP) is 2.91. The van der Waals surface area contributed by atoms with E-state index >= 15 is 0 Å². The lowest BCUT2D eigenvalue weighted by molar-refractivity contribution is 0.884. The van der Waals surface area contributed by atoms with Gasteiger partial charge in [-0.3, -0.25) is 4.98 Å². The minimum atomic E-state index is 0.669. The van der Waals surface area contributed by atoms with Crippen molar-refractivity contribution in [2.24, 2.45) is 0 Å². The van der Waals surface area contributed by atoms with Crippen LogP contribution in [0.2, 0.25) is 0 Å². The average molecular weight is 320 g/mol. The quantitative estimate of drug-likeness (QED) is 0.742. The molecule has 0 spiro atoms. The summed E-state index contributed by atoms with van der Waals surface area (Å²) in [5, 5.41) is 4.53. The lowest BCUT2D eigenvalue weighted by Crippen LogP contribution is -2.18. The van der Waals surface area contributed by atoms with Crippen LogP contribution in [0.5, 0.6) is 0 Å². The molecule has 6 nitrogen and oxygen atoms in total. The second-order valence-corrected chi connectivity index (χ2v) is 6.14. The van der Waals surface area contributed by atoms with E-state index in [4.69, 9.17) is 4.98 Å². The maximum absolute atomic E-state index is 4.72. The molecule has 3 aromatic heterocycles. The number of aryl methyl sites for hydroxylation is 2. The van der Waals surface area contributed by atoms with E-state index in [1.165, 1.54) is 12.8 Å². The Hall–Kier alpha value is -2.76. The maximum Gasteiger partial charge on any atom is 0.177 e. The third-order valence-corrected chi connectivity index (χ3v) is 4.32. The van der Waals surface area contributed by atoms with Gasteiger partial charge >= 0.3 is 0 Å². The van der Waals surface area contributed by atoms with Crippen LogP contribution in [-0.2, 0) is 0 Å². The Kier molecular flexibility index (Phi) is 3.72. The molecule has 1 aliphatic heterocycles. The van der Waals surface area contributed by atoms with E-state index in [0.29, 0.717) is 5.82 Å². The zero-order valence-electron chi connectivity index (χ0n) is 14.0. The molecule has 3 aromatic rings. The summed E-state index contributed by atoms with van der Waals surface area (Å²) in [6.45, 7) is 6.11. The molecule has 4 rings (SSSR count). The van der Waals surface area contributed by atoms with Crippen LogP contribution in [0.25, 0.3) is 17.8 Å². The highest BCUT2D eigenvalue weighted by molar-refractivity contribution is 5.66. The second-order valence-electron chi connectivity index (χ2n) is 6.14. The van der Waals surface area contributed by atoms with Gasteiger partial charge in [-0.15, -0.1) is 5.10 Å². The molecule has 0 unspecified atom stereocenters. The van der Waals surface area contributed by atoms with Crippen molar-refractivity contribution in [2.45, 2.75) is 26.7 Å². The summed E-state index contributed by atoms with van der Waals surface area (Å²) >= 11 is 0. The fraction of sp³-hybridized carbons (Fsp3) is 0.333. The third kappa shape index (κ3) is 2.75. The third-order valence-electron chi connectivity index (χ3n) is 4.32. The van der Waals surface area contributed by atoms with Crippen molar-refractivity contribution in [3.63, 3.8) is 0 Å². The van der Waals surface area contributed by atoms with Gasteiger partial charge in [0.1, 0.15) is 5.82 Å². The lowest BCUT2D eigenvalue weighted by Gasteiger charge is -2.16. The molecule has 0 bridgehead atoms. The molecule has 0 saturated carbocycles. The van der Waals surface area contributed by atoms with E-state index in [1.54, 1.807) is 0 Å². The van der Waals surface area contributed by atoms with E-state index in [-0.39, 0.29) is 0 Å². The highest BCUT2D eigenvalue weighted by atomic mass is 15.3. The van der Waals surface area contributed by atoms with Gasteiger partial charge in [0.25, 0.3) is 0 Å². The zero-order chi connectivity index (χ0) is 16.5. The molecular weight excluding hydrogens is 300 g/mol. The number of aromatic nitrogens is 5. The maximum atomic E-state index is 4.72. The van der Waals surface area contributed by atoms with Gasteiger partial charge in [-0.2, -0.15) is 0 Å². The van der Waals surface area contributed by atoms with Crippen molar-refractivity contribution >= 4 is 23.6 Å². The first-order valence-electron chi connectivity index (χ1n) is 8.30. The van der Waals surface area contributed by atoms with Gasteiger partial charge in [-0.25, -0.2) is 14.5 Å². The fourth-order valence-electron chi connectivity index (χ4n) is 3.00. The Morgan fingerprint density at radius 2 is 1.88 bits per heavy atom. The molecule has 4 heterocycles. The van der Waals surface area contributed by atoms with Crippen LogP contribution in [0.4, 0.5) is 5.82 Å². The number of hydrogen-bond donors (Lipinski definition) is 0. The molecular formula is C18H20N6. The molecule has 1 aliphatic rings. The Morgan fingerprint density at radius 3 is 2.67 bits per heavy atom. The van der Waals surface area contributed by atoms with E-state index in [9.17, 15) is 0 Å². The monoisotopic (exact) mass is 320 g/mol. The van der Waals surface area contributed by atoms with Crippen LogP contribution in [0.3, 0.4) is 0 Å². The van der Waals surface area contributed by atoms with Crippen molar-refractivity contribution in [1.82, 2.24) is 24.6 Å². The molecule has 24 heavy (non-hydrogen) atoms. The lowest BCUT2D eigenvalue weighted by atomic mass is 10.3. The molecule has 0 aliphatic carbocycles. The summed E-state index contributed by atoms with van der Waals surface area (Å²) < 4.78 is 1.83. The molecule has 0 N–H and O–H groups in total. The molecule has 1 saturated heterocycles. The first-order chi connectivity index (χ1) is 11.7. The van der Waals surface area contributed by atoms with Crippen LogP contribution < -0.4 is 4.90 Å². The highest BCUT2D eigenvalue weighted by Crippen LogP contribution is 2.18. The highest BCUT2D eigenvalue weighted by Gasteiger charge is 2.13. The van der Waals surface area contributed by atoms with E-state index < -0.39 is 0 Å². The van der Waals surface area contributed by atoms with Gasteiger partial charge in [-0.05, 0) is 51.0 Å².